The smallest absolute Gasteiger partial charge is 0.306 e. The molecule has 0 aromatic heterocycles. The van der Waals surface area contributed by atoms with Crippen LogP contribution in [0.5, 0.6) is 0 Å². The normalized spacial score (nSPS) is 13.3. The average molecular weight is 827 g/mol. The van der Waals surface area contributed by atoms with Crippen LogP contribution in [0, 0.1) is 0 Å². The van der Waals surface area contributed by atoms with Crippen molar-refractivity contribution in [1.82, 2.24) is 0 Å². The molecule has 6 nitrogen and oxygen atoms in total. The van der Waals surface area contributed by atoms with Crippen molar-refractivity contribution in [3.8, 4) is 0 Å². The Hall–Kier alpha value is -4.45. The first-order valence-electron chi connectivity index (χ1n) is 23.3. The topological polar surface area (TPSA) is 78.9 Å². The summed E-state index contributed by atoms with van der Waals surface area (Å²) in [6.45, 7) is 6.22. The first kappa shape index (κ1) is 55.6. The van der Waals surface area contributed by atoms with Gasteiger partial charge in [0.15, 0.2) is 6.10 Å². The maximum atomic E-state index is 12.7. The molecule has 0 spiro atoms. The molecule has 0 saturated heterocycles. The molecular weight excluding hydrogens is 745 g/mol. The van der Waals surface area contributed by atoms with E-state index in [1.54, 1.807) is 0 Å². The van der Waals surface area contributed by atoms with Gasteiger partial charge in [0.2, 0.25) is 0 Å². The van der Waals surface area contributed by atoms with Gasteiger partial charge < -0.3 is 14.2 Å². The number of allylic oxidation sites excluding steroid dienone is 22. The zero-order valence-corrected chi connectivity index (χ0v) is 37.9. The molecule has 6 heteroatoms. The van der Waals surface area contributed by atoms with Crippen LogP contribution in [-0.2, 0) is 28.6 Å². The molecule has 0 amide bonds. The van der Waals surface area contributed by atoms with E-state index in [1.165, 1.54) is 44.9 Å². The lowest BCUT2D eigenvalue weighted by Crippen LogP contribution is -2.30. The third-order valence-corrected chi connectivity index (χ3v) is 9.19. The van der Waals surface area contributed by atoms with Crippen LogP contribution in [0.4, 0.5) is 0 Å². The summed E-state index contributed by atoms with van der Waals surface area (Å²) in [5, 5.41) is 0. The van der Waals surface area contributed by atoms with E-state index in [4.69, 9.17) is 14.2 Å². The Morgan fingerprint density at radius 2 is 0.650 bits per heavy atom. The van der Waals surface area contributed by atoms with Gasteiger partial charge in [-0.25, -0.2) is 0 Å². The Kier molecular flexibility index (Phi) is 43.7. The number of hydrogen-bond acceptors (Lipinski definition) is 6. The maximum absolute atomic E-state index is 12.7. The molecule has 0 aliphatic carbocycles. The van der Waals surface area contributed by atoms with Gasteiger partial charge in [-0.15, -0.1) is 0 Å². The molecule has 0 bridgehead atoms. The van der Waals surface area contributed by atoms with Crippen LogP contribution in [-0.4, -0.2) is 37.2 Å². The monoisotopic (exact) mass is 827 g/mol. The quantitative estimate of drug-likeness (QED) is 0.0266. The van der Waals surface area contributed by atoms with Gasteiger partial charge in [0.25, 0.3) is 0 Å². The first-order chi connectivity index (χ1) is 29.5. The van der Waals surface area contributed by atoms with Crippen molar-refractivity contribution in [2.45, 2.75) is 175 Å². The minimum atomic E-state index is -0.820. The highest BCUT2D eigenvalue weighted by Gasteiger charge is 2.19. The van der Waals surface area contributed by atoms with E-state index in [0.29, 0.717) is 19.3 Å². The molecule has 0 aliphatic heterocycles. The second kappa shape index (κ2) is 47.2. The van der Waals surface area contributed by atoms with Gasteiger partial charge >= 0.3 is 17.9 Å². The van der Waals surface area contributed by atoms with Gasteiger partial charge in [-0.1, -0.05) is 225 Å². The third-order valence-electron chi connectivity index (χ3n) is 9.19. The summed E-state index contributed by atoms with van der Waals surface area (Å²) < 4.78 is 16.6. The van der Waals surface area contributed by atoms with Crippen LogP contribution in [0.1, 0.15) is 168 Å². The summed E-state index contributed by atoms with van der Waals surface area (Å²) in [5.41, 5.74) is 0. The van der Waals surface area contributed by atoms with Crippen LogP contribution in [0.3, 0.4) is 0 Å². The van der Waals surface area contributed by atoms with Crippen molar-refractivity contribution < 1.29 is 28.6 Å². The number of esters is 3. The van der Waals surface area contributed by atoms with Crippen LogP contribution in [0.25, 0.3) is 0 Å². The molecule has 0 radical (unpaired) electrons. The fraction of sp³-hybridized carbons (Fsp3) is 0.537. The fourth-order valence-corrected chi connectivity index (χ4v) is 5.73. The van der Waals surface area contributed by atoms with Gasteiger partial charge in [-0.05, 0) is 57.8 Å². The van der Waals surface area contributed by atoms with Gasteiger partial charge in [-0.2, -0.15) is 0 Å². The Labute approximate surface area is 366 Å². The minimum absolute atomic E-state index is 0.114. The second-order valence-corrected chi connectivity index (χ2v) is 14.8. The molecule has 0 fully saturated rings. The predicted octanol–water partition coefficient (Wildman–Crippen LogP) is 15.1. The van der Waals surface area contributed by atoms with E-state index in [0.717, 1.165) is 77.0 Å². The zero-order chi connectivity index (χ0) is 43.7. The van der Waals surface area contributed by atoms with Crippen LogP contribution < -0.4 is 0 Å². The van der Waals surface area contributed by atoms with E-state index in [9.17, 15) is 14.4 Å². The van der Waals surface area contributed by atoms with E-state index in [1.807, 2.05) is 109 Å². The molecule has 0 heterocycles. The summed E-state index contributed by atoms with van der Waals surface area (Å²) >= 11 is 0. The number of carbonyl (C=O) groups is 3. The van der Waals surface area contributed by atoms with E-state index < -0.39 is 6.10 Å². The maximum Gasteiger partial charge on any atom is 0.306 e. The second-order valence-electron chi connectivity index (χ2n) is 14.8. The summed E-state index contributed by atoms with van der Waals surface area (Å²) in [4.78, 5) is 37.8. The largest absolute Gasteiger partial charge is 0.462 e. The Bertz CT molecular complexity index is 1370. The Morgan fingerprint density at radius 1 is 0.350 bits per heavy atom. The Morgan fingerprint density at radius 3 is 1.02 bits per heavy atom. The van der Waals surface area contributed by atoms with Crippen molar-refractivity contribution in [3.05, 3.63) is 134 Å². The fourth-order valence-electron chi connectivity index (χ4n) is 5.73. The van der Waals surface area contributed by atoms with Crippen LogP contribution in [0.2, 0.25) is 0 Å². The molecule has 60 heavy (non-hydrogen) atoms. The molecule has 1 atom stereocenters. The van der Waals surface area contributed by atoms with Crippen molar-refractivity contribution in [3.63, 3.8) is 0 Å². The molecule has 1 unspecified atom stereocenters. The van der Waals surface area contributed by atoms with Crippen molar-refractivity contribution in [1.29, 1.82) is 0 Å². The van der Waals surface area contributed by atoms with Crippen molar-refractivity contribution >= 4 is 17.9 Å². The highest BCUT2D eigenvalue weighted by molar-refractivity contribution is 5.71. The van der Waals surface area contributed by atoms with Crippen molar-refractivity contribution in [2.24, 2.45) is 0 Å². The highest BCUT2D eigenvalue weighted by atomic mass is 16.6. The highest BCUT2D eigenvalue weighted by Crippen LogP contribution is 2.13. The molecular formula is C54H82O6. The van der Waals surface area contributed by atoms with E-state index in [-0.39, 0.29) is 37.5 Å². The average Bonchev–Trinajstić information content (AvgIpc) is 3.24. The minimum Gasteiger partial charge on any atom is -0.462 e. The zero-order valence-electron chi connectivity index (χ0n) is 37.9. The van der Waals surface area contributed by atoms with E-state index >= 15 is 0 Å². The van der Waals surface area contributed by atoms with Gasteiger partial charge in [-0.3, -0.25) is 14.4 Å². The number of carbonyl (C=O) groups excluding carboxylic acids is 3. The van der Waals surface area contributed by atoms with Gasteiger partial charge in [0.05, 0.1) is 0 Å². The number of ether oxygens (including phenoxy) is 3. The van der Waals surface area contributed by atoms with Crippen molar-refractivity contribution in [2.75, 3.05) is 13.2 Å². The molecule has 0 aromatic carbocycles. The summed E-state index contributed by atoms with van der Waals surface area (Å²) in [6, 6.07) is 0. The standard InChI is InChI=1S/C54H82O6/c1-4-7-10-13-16-19-22-24-26-27-29-30-32-35-38-41-44-47-53(56)59-50-51(49-58-52(55)46-43-40-37-34-21-18-15-12-9-6-3)60-54(57)48-45-42-39-36-33-31-28-25-23-20-17-14-11-8-5-2/h7-8,10-11,13-14,16-17,19-20,22-33,51H,4-6,9,12,15,18,21,34-50H2,1-3H3/b10-7-,11-8-,16-13-,17-14-,22-19-,23-20-,26-24-,28-25-,29-27+,32-30-,33-31-. The van der Waals surface area contributed by atoms with Gasteiger partial charge in [0, 0.05) is 19.3 Å². The summed E-state index contributed by atoms with van der Waals surface area (Å²) in [5.74, 6) is -1.02. The molecule has 0 rings (SSSR count). The third kappa shape index (κ3) is 44.6. The number of hydrogen-bond donors (Lipinski definition) is 0. The summed E-state index contributed by atoms with van der Waals surface area (Å²) in [7, 11) is 0. The van der Waals surface area contributed by atoms with Gasteiger partial charge in [0.1, 0.15) is 13.2 Å². The summed E-state index contributed by atoms with van der Waals surface area (Å²) in [6.07, 6.45) is 65.7. The lowest BCUT2D eigenvalue weighted by atomic mass is 10.1. The van der Waals surface area contributed by atoms with Crippen LogP contribution in [0.15, 0.2) is 134 Å². The SMILES string of the molecule is CC\C=C/C=C\C=C/C=C\C=C/CCCCCC(=O)OC(COC(=O)CCCCC\C=C/C=C/C=C\C=C/C=C\C=C/CC)COC(=O)CCCCCCCCCCCC. The number of unbranched alkanes of at least 4 members (excludes halogenated alkanes) is 15. The first-order valence-corrected chi connectivity index (χ1v) is 23.3. The molecule has 0 saturated carbocycles. The number of rotatable bonds is 39. The molecule has 334 valence electrons. The predicted molar refractivity (Wildman–Crippen MR) is 256 cm³/mol. The molecule has 0 aliphatic rings. The van der Waals surface area contributed by atoms with Crippen LogP contribution >= 0.6 is 0 Å². The lowest BCUT2D eigenvalue weighted by molar-refractivity contribution is -0.167. The lowest BCUT2D eigenvalue weighted by Gasteiger charge is -2.18. The molecule has 0 aromatic rings. The van der Waals surface area contributed by atoms with E-state index in [2.05, 4.69) is 45.1 Å². The molecule has 0 N–H and O–H groups in total. The Balaban J connectivity index is 4.59.